The molecule has 10 heteroatoms. The molecular formula is C50H50N4O6. The second kappa shape index (κ2) is 20.3. The zero-order valence-electron chi connectivity index (χ0n) is 34.8. The molecule has 0 bridgehead atoms. The molecule has 6 aromatic rings. The van der Waals surface area contributed by atoms with Crippen LogP contribution in [0, 0.1) is 0 Å². The van der Waals surface area contributed by atoms with Gasteiger partial charge in [0.25, 0.3) is 0 Å². The van der Waals surface area contributed by atoms with Gasteiger partial charge < -0.3 is 39.4 Å². The highest BCUT2D eigenvalue weighted by atomic mass is 16.5. The Balaban J connectivity index is 1.41. The molecular weight excluding hydrogens is 753 g/mol. The second-order valence-electron chi connectivity index (χ2n) is 13.4. The van der Waals surface area contributed by atoms with Crippen molar-refractivity contribution in [3.8, 4) is 23.0 Å². The van der Waals surface area contributed by atoms with Gasteiger partial charge in [0.15, 0.2) is 12.6 Å². The SMILES string of the molecule is CCN/C(=C(C=O)\C(C=O)=C(/NCC)c1ccc(N(c2ccc(OC)cc2)c2ccc(OC)cc2)cc1)c1ccc(N(c2ccc(OC)cc2)c2ccc(OC)cc2)cc1. The van der Waals surface area contributed by atoms with Crippen molar-refractivity contribution in [1.82, 2.24) is 10.6 Å². The van der Waals surface area contributed by atoms with Crippen LogP contribution in [0.1, 0.15) is 25.0 Å². The largest absolute Gasteiger partial charge is 0.497 e. The van der Waals surface area contributed by atoms with E-state index in [1.165, 1.54) is 0 Å². The van der Waals surface area contributed by atoms with Crippen molar-refractivity contribution >= 4 is 58.1 Å². The molecule has 6 rings (SSSR count). The molecule has 0 aliphatic rings. The van der Waals surface area contributed by atoms with Crippen LogP contribution in [0.15, 0.2) is 157 Å². The number of benzene rings is 6. The second-order valence-corrected chi connectivity index (χ2v) is 13.4. The van der Waals surface area contributed by atoms with Gasteiger partial charge in [-0.05, 0) is 146 Å². The molecule has 2 N–H and O–H groups in total. The van der Waals surface area contributed by atoms with Crippen molar-refractivity contribution in [1.29, 1.82) is 0 Å². The predicted molar refractivity (Wildman–Crippen MR) is 242 cm³/mol. The van der Waals surface area contributed by atoms with Crippen LogP contribution < -0.4 is 39.4 Å². The van der Waals surface area contributed by atoms with E-state index in [1.807, 2.05) is 159 Å². The molecule has 6 aromatic carbocycles. The third-order valence-corrected chi connectivity index (χ3v) is 9.92. The van der Waals surface area contributed by atoms with E-state index >= 15 is 0 Å². The van der Waals surface area contributed by atoms with Crippen LogP contribution in [0.4, 0.5) is 34.1 Å². The molecule has 60 heavy (non-hydrogen) atoms. The highest BCUT2D eigenvalue weighted by molar-refractivity contribution is 6.07. The minimum Gasteiger partial charge on any atom is -0.497 e. The maximum absolute atomic E-state index is 13.2. The molecule has 0 radical (unpaired) electrons. The number of hydrogen-bond acceptors (Lipinski definition) is 10. The summed E-state index contributed by atoms with van der Waals surface area (Å²) in [7, 11) is 6.57. The van der Waals surface area contributed by atoms with Crippen molar-refractivity contribution in [3.05, 3.63) is 168 Å². The first-order valence-electron chi connectivity index (χ1n) is 19.6. The minimum absolute atomic E-state index is 0.236. The number of nitrogens with zero attached hydrogens (tertiary/aromatic N) is 2. The van der Waals surface area contributed by atoms with E-state index in [4.69, 9.17) is 18.9 Å². The van der Waals surface area contributed by atoms with Gasteiger partial charge in [0.1, 0.15) is 23.0 Å². The number of carbonyl (C=O) groups is 2. The fourth-order valence-corrected chi connectivity index (χ4v) is 6.95. The van der Waals surface area contributed by atoms with Crippen LogP contribution in [-0.2, 0) is 9.59 Å². The van der Waals surface area contributed by atoms with Crippen molar-refractivity contribution in [2.75, 3.05) is 51.3 Å². The highest BCUT2D eigenvalue weighted by Crippen LogP contribution is 2.39. The average molecular weight is 803 g/mol. The molecule has 0 atom stereocenters. The summed E-state index contributed by atoms with van der Waals surface area (Å²) in [6.07, 6.45) is 1.49. The molecule has 0 fully saturated rings. The molecule has 0 saturated carbocycles. The van der Waals surface area contributed by atoms with Crippen LogP contribution in [0.3, 0.4) is 0 Å². The monoisotopic (exact) mass is 802 g/mol. The van der Waals surface area contributed by atoms with Gasteiger partial charge in [-0.1, -0.05) is 24.3 Å². The minimum atomic E-state index is 0.236. The topological polar surface area (TPSA) is 102 Å². The number of hydrogen-bond donors (Lipinski definition) is 2. The molecule has 0 heterocycles. The van der Waals surface area contributed by atoms with Crippen molar-refractivity contribution < 1.29 is 28.5 Å². The molecule has 0 aromatic heterocycles. The highest BCUT2D eigenvalue weighted by Gasteiger charge is 2.21. The van der Waals surface area contributed by atoms with Crippen LogP contribution in [0.25, 0.3) is 11.4 Å². The predicted octanol–water partition coefficient (Wildman–Crippen LogP) is 10.4. The van der Waals surface area contributed by atoms with Crippen molar-refractivity contribution in [3.63, 3.8) is 0 Å². The molecule has 10 nitrogen and oxygen atoms in total. The van der Waals surface area contributed by atoms with E-state index in [1.54, 1.807) is 28.4 Å². The summed E-state index contributed by atoms with van der Waals surface area (Å²) in [5.41, 5.74) is 8.51. The lowest BCUT2D eigenvalue weighted by molar-refractivity contribution is -0.107. The molecule has 0 unspecified atom stereocenters. The van der Waals surface area contributed by atoms with Crippen LogP contribution in [0.2, 0.25) is 0 Å². The first-order valence-corrected chi connectivity index (χ1v) is 19.6. The lowest BCUT2D eigenvalue weighted by Gasteiger charge is -2.26. The smallest absolute Gasteiger partial charge is 0.152 e. The van der Waals surface area contributed by atoms with Gasteiger partial charge in [-0.15, -0.1) is 0 Å². The Hall–Kier alpha value is -7.46. The van der Waals surface area contributed by atoms with E-state index in [0.717, 1.165) is 80.8 Å². The number of allylic oxidation sites excluding steroid dienone is 2. The van der Waals surface area contributed by atoms with Gasteiger partial charge >= 0.3 is 0 Å². The Kier molecular flexibility index (Phi) is 14.3. The molecule has 306 valence electrons. The van der Waals surface area contributed by atoms with Gasteiger partial charge in [-0.25, -0.2) is 0 Å². The van der Waals surface area contributed by atoms with E-state index < -0.39 is 0 Å². The van der Waals surface area contributed by atoms with Gasteiger partial charge in [0, 0.05) is 47.2 Å². The number of ether oxygens (including phenoxy) is 4. The maximum atomic E-state index is 13.2. The van der Waals surface area contributed by atoms with Crippen molar-refractivity contribution in [2.45, 2.75) is 13.8 Å². The van der Waals surface area contributed by atoms with E-state index in [2.05, 4.69) is 20.4 Å². The number of aldehydes is 2. The standard InChI is InChI=1S/C50H50N4O6/c1-7-51-49(35-9-13-37(14-10-35)53(39-17-25-43(57-3)26-18-39)40-19-27-44(58-4)28-20-40)47(33-55)48(34-56)50(52-8-2)36-11-15-38(16-12-36)54(41-21-29-45(59-5)30-22-41)42-23-31-46(60-6)32-24-42/h9-34,51-52H,7-8H2,1-6H3/b49-47-,50-48-. The molecule has 0 spiro atoms. The quantitative estimate of drug-likeness (QED) is 0.0468. The summed E-state index contributed by atoms with van der Waals surface area (Å²) in [6.45, 7) is 4.94. The zero-order valence-corrected chi connectivity index (χ0v) is 34.8. The third-order valence-electron chi connectivity index (χ3n) is 9.92. The third kappa shape index (κ3) is 9.45. The number of nitrogens with one attached hydrogen (secondary N) is 2. The van der Waals surface area contributed by atoms with E-state index in [9.17, 15) is 9.59 Å². The Morgan fingerprint density at radius 2 is 0.617 bits per heavy atom. The van der Waals surface area contributed by atoms with Crippen LogP contribution >= 0.6 is 0 Å². The first kappa shape index (κ1) is 42.2. The Morgan fingerprint density at radius 3 is 0.800 bits per heavy atom. The Morgan fingerprint density at radius 1 is 0.400 bits per heavy atom. The number of methoxy groups -OCH3 is 4. The molecule has 0 aliphatic carbocycles. The molecule has 0 aliphatic heterocycles. The summed E-state index contributed by atoms with van der Waals surface area (Å²) in [6, 6.07) is 47.1. The van der Waals surface area contributed by atoms with Crippen LogP contribution in [0.5, 0.6) is 23.0 Å². The summed E-state index contributed by atoms with van der Waals surface area (Å²) < 4.78 is 21.7. The van der Waals surface area contributed by atoms with Gasteiger partial charge in [0.05, 0.1) is 51.0 Å². The lowest BCUT2D eigenvalue weighted by atomic mass is 9.96. The number of rotatable bonds is 19. The summed E-state index contributed by atoms with van der Waals surface area (Å²) >= 11 is 0. The van der Waals surface area contributed by atoms with E-state index in [0.29, 0.717) is 24.5 Å². The zero-order chi connectivity index (χ0) is 42.4. The Labute approximate surface area is 352 Å². The van der Waals surface area contributed by atoms with Crippen molar-refractivity contribution in [2.24, 2.45) is 0 Å². The fraction of sp³-hybridized carbons (Fsp3) is 0.160. The van der Waals surface area contributed by atoms with Gasteiger partial charge in [-0.3, -0.25) is 9.59 Å². The summed E-state index contributed by atoms with van der Waals surface area (Å²) in [4.78, 5) is 30.6. The number of anilines is 6. The molecule has 0 amide bonds. The maximum Gasteiger partial charge on any atom is 0.152 e. The van der Waals surface area contributed by atoms with Gasteiger partial charge in [0.2, 0.25) is 0 Å². The number of carbonyl (C=O) groups excluding carboxylic acids is 2. The summed E-state index contributed by atoms with van der Waals surface area (Å²) in [5.74, 6) is 3.01. The van der Waals surface area contributed by atoms with Gasteiger partial charge in [-0.2, -0.15) is 0 Å². The Bertz CT molecular complexity index is 2120. The first-order chi connectivity index (χ1) is 29.4. The molecule has 0 saturated heterocycles. The van der Waals surface area contributed by atoms with Crippen LogP contribution in [-0.4, -0.2) is 54.1 Å². The summed E-state index contributed by atoms with van der Waals surface area (Å²) in [5, 5.41) is 6.78. The van der Waals surface area contributed by atoms with E-state index in [-0.39, 0.29) is 11.1 Å². The normalized spacial score (nSPS) is 11.6. The lowest BCUT2D eigenvalue weighted by Crippen LogP contribution is -2.20. The average Bonchev–Trinajstić information content (AvgIpc) is 3.31. The fourth-order valence-electron chi connectivity index (χ4n) is 6.95.